The first-order chi connectivity index (χ1) is 14.9. The summed E-state index contributed by atoms with van der Waals surface area (Å²) < 4.78 is 0. The first-order valence-electron chi connectivity index (χ1n) is 9.50. The predicted molar refractivity (Wildman–Crippen MR) is 119 cm³/mol. The maximum Gasteiger partial charge on any atom is 0.282 e. The van der Waals surface area contributed by atoms with Crippen LogP contribution in [0.1, 0.15) is 10.4 Å². The molecule has 1 amide bonds. The van der Waals surface area contributed by atoms with Crippen LogP contribution in [0, 0.1) is 10.1 Å². The first-order valence-corrected chi connectivity index (χ1v) is 10.3. The number of hydrogen-bond donors (Lipinski definition) is 0. The van der Waals surface area contributed by atoms with Gasteiger partial charge < -0.3 is 9.80 Å². The van der Waals surface area contributed by atoms with E-state index in [4.69, 9.17) is 23.2 Å². The monoisotopic (exact) mass is 457 g/mol. The molecule has 0 aliphatic carbocycles. The van der Waals surface area contributed by atoms with Crippen molar-refractivity contribution in [2.75, 3.05) is 31.1 Å². The summed E-state index contributed by atoms with van der Waals surface area (Å²) in [6.07, 6.45) is 0. The van der Waals surface area contributed by atoms with Crippen LogP contribution in [0.4, 0.5) is 11.5 Å². The van der Waals surface area contributed by atoms with Crippen LogP contribution in [-0.4, -0.2) is 52.1 Å². The molecule has 2 aromatic carbocycles. The van der Waals surface area contributed by atoms with Gasteiger partial charge in [-0.3, -0.25) is 14.9 Å². The molecule has 0 saturated carbocycles. The molecule has 8 nitrogen and oxygen atoms in total. The van der Waals surface area contributed by atoms with E-state index >= 15 is 0 Å². The number of carbonyl (C=O) groups is 1. The Labute approximate surface area is 188 Å². The second-order valence-corrected chi connectivity index (χ2v) is 7.85. The van der Waals surface area contributed by atoms with E-state index < -0.39 is 10.8 Å². The zero-order valence-electron chi connectivity index (χ0n) is 16.2. The number of halogens is 2. The van der Waals surface area contributed by atoms with E-state index in [1.807, 2.05) is 29.2 Å². The smallest absolute Gasteiger partial charge is 0.282 e. The SMILES string of the molecule is O=C(c1cc(Cl)ccc1[N+](=O)[O-])N1CCN(c2ccc(-c3ccc(Cl)cc3)nn2)CC1. The van der Waals surface area contributed by atoms with Crippen LogP contribution in [0.5, 0.6) is 0 Å². The molecule has 10 heteroatoms. The summed E-state index contributed by atoms with van der Waals surface area (Å²) >= 11 is 11.9. The molecule has 158 valence electrons. The van der Waals surface area contributed by atoms with Crippen molar-refractivity contribution in [3.8, 4) is 11.3 Å². The van der Waals surface area contributed by atoms with Crippen LogP contribution in [-0.2, 0) is 0 Å². The van der Waals surface area contributed by atoms with Crippen molar-refractivity contribution in [2.45, 2.75) is 0 Å². The highest BCUT2D eigenvalue weighted by Gasteiger charge is 2.28. The number of nitro benzene ring substituents is 1. The molecule has 0 radical (unpaired) electrons. The number of amides is 1. The van der Waals surface area contributed by atoms with Gasteiger partial charge >= 0.3 is 0 Å². The topological polar surface area (TPSA) is 92.5 Å². The highest BCUT2D eigenvalue weighted by molar-refractivity contribution is 6.31. The largest absolute Gasteiger partial charge is 0.352 e. The zero-order chi connectivity index (χ0) is 22.0. The lowest BCUT2D eigenvalue weighted by Gasteiger charge is -2.35. The third-order valence-corrected chi connectivity index (χ3v) is 5.55. The van der Waals surface area contributed by atoms with Crippen LogP contribution in [0.2, 0.25) is 10.0 Å². The number of piperazine rings is 1. The van der Waals surface area contributed by atoms with Crippen LogP contribution >= 0.6 is 23.2 Å². The molecule has 1 aromatic heterocycles. The van der Waals surface area contributed by atoms with E-state index in [0.717, 1.165) is 11.3 Å². The van der Waals surface area contributed by atoms with Crippen molar-refractivity contribution >= 4 is 40.6 Å². The summed E-state index contributed by atoms with van der Waals surface area (Å²) in [5, 5.41) is 20.8. The van der Waals surface area contributed by atoms with Crippen molar-refractivity contribution in [1.82, 2.24) is 15.1 Å². The fourth-order valence-electron chi connectivity index (χ4n) is 3.42. The van der Waals surface area contributed by atoms with Gasteiger partial charge in [0.25, 0.3) is 11.6 Å². The van der Waals surface area contributed by atoms with Crippen LogP contribution in [0.25, 0.3) is 11.3 Å². The molecule has 1 fully saturated rings. The van der Waals surface area contributed by atoms with Gasteiger partial charge in [-0.25, -0.2) is 0 Å². The van der Waals surface area contributed by atoms with E-state index in [9.17, 15) is 14.9 Å². The average molecular weight is 458 g/mol. The van der Waals surface area contributed by atoms with Crippen molar-refractivity contribution in [2.24, 2.45) is 0 Å². The highest BCUT2D eigenvalue weighted by Crippen LogP contribution is 2.25. The molecule has 4 rings (SSSR count). The number of aromatic nitrogens is 2. The van der Waals surface area contributed by atoms with Gasteiger partial charge in [-0.2, -0.15) is 0 Å². The Morgan fingerprint density at radius 3 is 2.19 bits per heavy atom. The maximum atomic E-state index is 12.9. The van der Waals surface area contributed by atoms with E-state index in [0.29, 0.717) is 37.0 Å². The normalized spacial score (nSPS) is 13.9. The Balaban J connectivity index is 1.43. The van der Waals surface area contributed by atoms with Gasteiger partial charge in [0.15, 0.2) is 5.82 Å². The van der Waals surface area contributed by atoms with Crippen molar-refractivity contribution in [1.29, 1.82) is 0 Å². The fraction of sp³-hybridized carbons (Fsp3) is 0.190. The summed E-state index contributed by atoms with van der Waals surface area (Å²) in [4.78, 5) is 27.2. The van der Waals surface area contributed by atoms with E-state index in [1.54, 1.807) is 17.0 Å². The molecule has 2 heterocycles. The lowest BCUT2D eigenvalue weighted by atomic mass is 10.1. The van der Waals surface area contributed by atoms with E-state index in [-0.39, 0.29) is 16.3 Å². The van der Waals surface area contributed by atoms with Crippen molar-refractivity contribution in [3.63, 3.8) is 0 Å². The molecule has 1 aliphatic rings. The molecule has 0 bridgehead atoms. The second kappa shape index (κ2) is 8.87. The summed E-state index contributed by atoms with van der Waals surface area (Å²) in [6, 6.07) is 15.1. The Kier molecular flexibility index (Phi) is 6.01. The number of anilines is 1. The minimum absolute atomic E-state index is 0.00180. The van der Waals surface area contributed by atoms with Gasteiger partial charge in [0, 0.05) is 47.9 Å². The third kappa shape index (κ3) is 4.60. The zero-order valence-corrected chi connectivity index (χ0v) is 17.8. The maximum absolute atomic E-state index is 12.9. The van der Waals surface area contributed by atoms with Gasteiger partial charge in [0.05, 0.1) is 10.6 Å². The molecule has 0 N–H and O–H groups in total. The molecule has 0 unspecified atom stereocenters. The molecule has 0 atom stereocenters. The summed E-state index contributed by atoms with van der Waals surface area (Å²) in [5.74, 6) is 0.302. The van der Waals surface area contributed by atoms with Gasteiger partial charge in [0.1, 0.15) is 5.56 Å². The highest BCUT2D eigenvalue weighted by atomic mass is 35.5. The average Bonchev–Trinajstić information content (AvgIpc) is 2.79. The van der Waals surface area contributed by atoms with Gasteiger partial charge in [0.2, 0.25) is 0 Å². The lowest BCUT2D eigenvalue weighted by molar-refractivity contribution is -0.385. The molecule has 1 saturated heterocycles. The molecule has 0 spiro atoms. The number of benzene rings is 2. The minimum Gasteiger partial charge on any atom is -0.352 e. The van der Waals surface area contributed by atoms with Gasteiger partial charge in [-0.1, -0.05) is 35.3 Å². The number of nitrogens with zero attached hydrogens (tertiary/aromatic N) is 5. The van der Waals surface area contributed by atoms with Gasteiger partial charge in [-0.15, -0.1) is 10.2 Å². The van der Waals surface area contributed by atoms with Crippen LogP contribution < -0.4 is 4.90 Å². The second-order valence-electron chi connectivity index (χ2n) is 6.98. The number of hydrogen-bond acceptors (Lipinski definition) is 6. The molecular weight excluding hydrogens is 441 g/mol. The molecular formula is C21H17Cl2N5O3. The predicted octanol–water partition coefficient (Wildman–Crippen LogP) is 4.32. The number of nitro groups is 1. The summed E-state index contributed by atoms with van der Waals surface area (Å²) in [6.45, 7) is 1.89. The van der Waals surface area contributed by atoms with Gasteiger partial charge in [-0.05, 0) is 36.4 Å². The Morgan fingerprint density at radius 2 is 1.58 bits per heavy atom. The minimum atomic E-state index is -0.572. The third-order valence-electron chi connectivity index (χ3n) is 5.07. The van der Waals surface area contributed by atoms with Crippen molar-refractivity contribution in [3.05, 3.63) is 80.3 Å². The Morgan fingerprint density at radius 1 is 0.903 bits per heavy atom. The summed E-state index contributed by atoms with van der Waals surface area (Å²) in [5.41, 5.74) is 1.41. The summed E-state index contributed by atoms with van der Waals surface area (Å²) in [7, 11) is 0. The lowest BCUT2D eigenvalue weighted by Crippen LogP contribution is -2.49. The first kappa shape index (κ1) is 21.0. The van der Waals surface area contributed by atoms with Crippen LogP contribution in [0.15, 0.2) is 54.6 Å². The van der Waals surface area contributed by atoms with Crippen LogP contribution in [0.3, 0.4) is 0 Å². The van der Waals surface area contributed by atoms with Crippen molar-refractivity contribution < 1.29 is 9.72 Å². The molecule has 1 aliphatic heterocycles. The molecule has 3 aromatic rings. The standard InChI is InChI=1S/C21H17Cl2N5O3/c22-15-3-1-14(2-4-15)18-6-8-20(25-24-18)26-9-11-27(12-10-26)21(29)17-13-16(23)5-7-19(17)28(30)31/h1-8,13H,9-12H2. The fourth-order valence-corrected chi connectivity index (χ4v) is 3.71. The van der Waals surface area contributed by atoms with E-state index in [2.05, 4.69) is 10.2 Å². The Bertz CT molecular complexity index is 1110. The number of rotatable bonds is 4. The molecule has 31 heavy (non-hydrogen) atoms. The quantitative estimate of drug-likeness (QED) is 0.427. The Hall–Kier alpha value is -3.23. The number of carbonyl (C=O) groups excluding carboxylic acids is 1. The van der Waals surface area contributed by atoms with E-state index in [1.165, 1.54) is 18.2 Å².